The predicted molar refractivity (Wildman–Crippen MR) is 74.2 cm³/mol. The molecule has 110 valence electrons. The Bertz CT molecular complexity index is 616. The minimum Gasteiger partial charge on any atom is -0.350 e. The van der Waals surface area contributed by atoms with E-state index in [2.05, 4.69) is 11.1 Å². The van der Waals surface area contributed by atoms with Crippen LogP contribution in [-0.2, 0) is 9.59 Å². The first-order valence-electron chi connectivity index (χ1n) is 6.89. The minimum atomic E-state index is -0.644. The zero-order chi connectivity index (χ0) is 15.0. The van der Waals surface area contributed by atoms with Crippen molar-refractivity contribution in [3.05, 3.63) is 29.8 Å². The Morgan fingerprint density at radius 2 is 2.05 bits per heavy atom. The maximum Gasteiger partial charge on any atom is 0.277 e. The summed E-state index contributed by atoms with van der Waals surface area (Å²) in [5.74, 6) is -0.526. The van der Waals surface area contributed by atoms with Crippen LogP contribution in [-0.4, -0.2) is 59.7 Å². The number of para-hydroxylation sites is 1. The molecule has 7 nitrogen and oxygen atoms in total. The van der Waals surface area contributed by atoms with Gasteiger partial charge >= 0.3 is 0 Å². The van der Waals surface area contributed by atoms with Gasteiger partial charge in [0.25, 0.3) is 11.8 Å². The van der Waals surface area contributed by atoms with Crippen molar-refractivity contribution in [2.24, 2.45) is 0 Å². The second-order valence-electron chi connectivity index (χ2n) is 5.14. The zero-order valence-electron chi connectivity index (χ0n) is 11.5. The average Bonchev–Trinajstić information content (AvgIpc) is 2.62. The van der Waals surface area contributed by atoms with Crippen LogP contribution in [0.5, 0.6) is 0 Å². The Labute approximate surface area is 121 Å². The molecule has 2 aliphatic rings. The lowest BCUT2D eigenvalue weighted by atomic mass is 10.1. The van der Waals surface area contributed by atoms with Crippen molar-refractivity contribution in [3.63, 3.8) is 0 Å². The summed E-state index contributed by atoms with van der Waals surface area (Å²) in [6, 6.07) is 6.31. The van der Waals surface area contributed by atoms with Crippen LogP contribution in [0.2, 0.25) is 0 Å². The summed E-state index contributed by atoms with van der Waals surface area (Å²) in [6.45, 7) is 1.17. The van der Waals surface area contributed by atoms with Crippen molar-refractivity contribution >= 4 is 23.4 Å². The second-order valence-corrected chi connectivity index (χ2v) is 5.14. The molecule has 0 radical (unpaired) electrons. The molecule has 0 spiro atoms. The van der Waals surface area contributed by atoms with E-state index in [1.807, 2.05) is 0 Å². The number of nitrogens with one attached hydrogen (secondary N) is 1. The SMILES string of the molecule is [NH3+]CC(=O)N1CCN2C(=O)c3ccccc3NC(=O)[C@@H]2C1. The third-order valence-electron chi connectivity index (χ3n) is 3.93. The fourth-order valence-corrected chi connectivity index (χ4v) is 2.78. The van der Waals surface area contributed by atoms with Crippen molar-refractivity contribution < 1.29 is 20.1 Å². The maximum atomic E-state index is 12.6. The lowest BCUT2D eigenvalue weighted by Crippen LogP contribution is -2.64. The van der Waals surface area contributed by atoms with Gasteiger partial charge in [0.1, 0.15) is 6.04 Å². The van der Waals surface area contributed by atoms with Gasteiger partial charge in [0.05, 0.1) is 17.8 Å². The van der Waals surface area contributed by atoms with Crippen LogP contribution < -0.4 is 11.1 Å². The zero-order valence-corrected chi connectivity index (χ0v) is 11.5. The van der Waals surface area contributed by atoms with Gasteiger partial charge in [-0.1, -0.05) is 12.1 Å². The Balaban J connectivity index is 1.92. The van der Waals surface area contributed by atoms with Crippen molar-refractivity contribution in [1.29, 1.82) is 0 Å². The average molecular weight is 289 g/mol. The number of quaternary nitrogens is 1. The molecule has 3 rings (SSSR count). The van der Waals surface area contributed by atoms with E-state index in [-0.39, 0.29) is 30.8 Å². The summed E-state index contributed by atoms with van der Waals surface area (Å²) in [5, 5.41) is 2.77. The molecule has 0 bridgehead atoms. The van der Waals surface area contributed by atoms with Crippen LogP contribution in [0.4, 0.5) is 5.69 Å². The highest BCUT2D eigenvalue weighted by molar-refractivity contribution is 6.10. The molecule has 4 N–H and O–H groups in total. The molecule has 0 aliphatic carbocycles. The fraction of sp³-hybridized carbons (Fsp3) is 0.357. The molecular weight excluding hydrogens is 272 g/mol. The minimum absolute atomic E-state index is 0.100. The van der Waals surface area contributed by atoms with E-state index in [0.717, 1.165) is 0 Å². The molecule has 1 atom stereocenters. The number of carbonyl (C=O) groups is 3. The molecule has 7 heteroatoms. The van der Waals surface area contributed by atoms with Gasteiger partial charge in [0, 0.05) is 13.1 Å². The molecule has 1 aromatic carbocycles. The third-order valence-corrected chi connectivity index (χ3v) is 3.93. The lowest BCUT2D eigenvalue weighted by Gasteiger charge is -2.38. The number of hydrogen-bond donors (Lipinski definition) is 2. The summed E-state index contributed by atoms with van der Waals surface area (Å²) >= 11 is 0. The molecule has 21 heavy (non-hydrogen) atoms. The summed E-state index contributed by atoms with van der Waals surface area (Å²) in [6.07, 6.45) is 0. The molecule has 1 saturated heterocycles. The van der Waals surface area contributed by atoms with E-state index in [9.17, 15) is 14.4 Å². The predicted octanol–water partition coefficient (Wildman–Crippen LogP) is -1.47. The van der Waals surface area contributed by atoms with Gasteiger partial charge in [-0.05, 0) is 12.1 Å². The first kappa shape index (κ1) is 13.6. The van der Waals surface area contributed by atoms with Gasteiger partial charge in [0.15, 0.2) is 6.54 Å². The van der Waals surface area contributed by atoms with Gasteiger partial charge in [-0.25, -0.2) is 0 Å². The van der Waals surface area contributed by atoms with Crippen LogP contribution in [0.1, 0.15) is 10.4 Å². The number of hydrogen-bond acceptors (Lipinski definition) is 3. The quantitative estimate of drug-likeness (QED) is 0.660. The topological polar surface area (TPSA) is 97.4 Å². The molecule has 0 aromatic heterocycles. The molecule has 1 fully saturated rings. The number of benzene rings is 1. The third kappa shape index (κ3) is 2.25. The van der Waals surface area contributed by atoms with E-state index in [0.29, 0.717) is 24.3 Å². The van der Waals surface area contributed by atoms with E-state index < -0.39 is 6.04 Å². The van der Waals surface area contributed by atoms with Crippen LogP contribution in [0, 0.1) is 0 Å². The fourth-order valence-electron chi connectivity index (χ4n) is 2.78. The number of rotatable bonds is 1. The van der Waals surface area contributed by atoms with Crippen molar-refractivity contribution in [2.75, 3.05) is 31.5 Å². The van der Waals surface area contributed by atoms with Gasteiger partial charge < -0.3 is 20.9 Å². The van der Waals surface area contributed by atoms with Gasteiger partial charge in [0.2, 0.25) is 5.91 Å². The normalized spacial score (nSPS) is 21.3. The molecule has 0 unspecified atom stereocenters. The van der Waals surface area contributed by atoms with E-state index in [1.54, 1.807) is 34.1 Å². The van der Waals surface area contributed by atoms with Crippen LogP contribution >= 0.6 is 0 Å². The molecular formula is C14H17N4O3+. The second kappa shape index (κ2) is 5.17. The number of piperazine rings is 1. The number of carbonyl (C=O) groups excluding carboxylic acids is 3. The summed E-state index contributed by atoms with van der Waals surface area (Å²) < 4.78 is 0. The number of amides is 3. The first-order valence-corrected chi connectivity index (χ1v) is 6.89. The summed E-state index contributed by atoms with van der Waals surface area (Å²) in [5.41, 5.74) is 4.59. The Morgan fingerprint density at radius 1 is 1.29 bits per heavy atom. The highest BCUT2D eigenvalue weighted by atomic mass is 16.2. The Kier molecular flexibility index (Phi) is 3.34. The molecule has 2 aliphatic heterocycles. The van der Waals surface area contributed by atoms with Crippen LogP contribution in [0.15, 0.2) is 24.3 Å². The van der Waals surface area contributed by atoms with Crippen LogP contribution in [0.3, 0.4) is 0 Å². The Hall–Kier alpha value is -2.41. The summed E-state index contributed by atoms with van der Waals surface area (Å²) in [4.78, 5) is 39.8. The van der Waals surface area contributed by atoms with E-state index in [1.165, 1.54) is 0 Å². The van der Waals surface area contributed by atoms with E-state index >= 15 is 0 Å². The smallest absolute Gasteiger partial charge is 0.277 e. The standard InChI is InChI=1S/C14H16N4O3/c15-7-12(19)17-5-6-18-11(8-17)13(20)16-10-4-2-1-3-9(10)14(18)21/h1-4,11H,5-8,15H2,(H,16,20)/p+1/t11-/m0/s1. The number of anilines is 1. The highest BCUT2D eigenvalue weighted by Crippen LogP contribution is 2.25. The number of fused-ring (bicyclic) bond motifs is 2. The maximum absolute atomic E-state index is 12.6. The largest absolute Gasteiger partial charge is 0.350 e. The molecule has 2 heterocycles. The van der Waals surface area contributed by atoms with Gasteiger partial charge in [-0.2, -0.15) is 0 Å². The molecule has 0 saturated carbocycles. The van der Waals surface area contributed by atoms with Gasteiger partial charge in [-0.3, -0.25) is 14.4 Å². The number of nitrogens with zero attached hydrogens (tertiary/aromatic N) is 2. The van der Waals surface area contributed by atoms with Crippen molar-refractivity contribution in [3.8, 4) is 0 Å². The lowest BCUT2D eigenvalue weighted by molar-refractivity contribution is -0.357. The highest BCUT2D eigenvalue weighted by Gasteiger charge is 2.40. The first-order chi connectivity index (χ1) is 10.1. The van der Waals surface area contributed by atoms with Gasteiger partial charge in [-0.15, -0.1) is 0 Å². The molecule has 1 aromatic rings. The van der Waals surface area contributed by atoms with Crippen molar-refractivity contribution in [2.45, 2.75) is 6.04 Å². The van der Waals surface area contributed by atoms with E-state index in [4.69, 9.17) is 0 Å². The monoisotopic (exact) mass is 289 g/mol. The Morgan fingerprint density at radius 3 is 2.81 bits per heavy atom. The van der Waals surface area contributed by atoms with Crippen molar-refractivity contribution in [1.82, 2.24) is 9.80 Å². The molecule has 3 amide bonds. The van der Waals surface area contributed by atoms with Crippen LogP contribution in [0.25, 0.3) is 0 Å². The summed E-state index contributed by atoms with van der Waals surface area (Å²) in [7, 11) is 0.